The number of rotatable bonds is 0. The zero-order valence-corrected chi connectivity index (χ0v) is 7.66. The molecule has 0 saturated carbocycles. The molecule has 2 heterocycles. The molecule has 2 fully saturated rings. The van der Waals surface area contributed by atoms with E-state index < -0.39 is 0 Å². The van der Waals surface area contributed by atoms with E-state index in [1.807, 2.05) is 16.8 Å². The molecule has 0 aliphatic carbocycles. The summed E-state index contributed by atoms with van der Waals surface area (Å²) < 4.78 is 0. The van der Waals surface area contributed by atoms with Crippen LogP contribution in [0.1, 0.15) is 0 Å². The summed E-state index contributed by atoms with van der Waals surface area (Å²) >= 11 is 0. The topological polar surface area (TPSA) is 26.8 Å². The van der Waals surface area contributed by atoms with Crippen LogP contribution in [0.5, 0.6) is 0 Å². The van der Waals surface area contributed by atoms with Crippen LogP contribution >= 0.6 is 0 Å². The smallest absolute Gasteiger partial charge is 0.320 e. The lowest BCUT2D eigenvalue weighted by Crippen LogP contribution is -2.50. The van der Waals surface area contributed by atoms with Gasteiger partial charge in [-0.2, -0.15) is 0 Å². The van der Waals surface area contributed by atoms with E-state index >= 15 is 0 Å². The Hall–Kier alpha value is -0.770. The van der Waals surface area contributed by atoms with Crippen molar-refractivity contribution in [1.82, 2.24) is 14.7 Å². The van der Waals surface area contributed by atoms with Crippen LogP contribution in [0.2, 0.25) is 0 Å². The zero-order valence-electron chi connectivity index (χ0n) is 7.66. The van der Waals surface area contributed by atoms with Gasteiger partial charge in [0.25, 0.3) is 0 Å². The second-order valence-corrected chi connectivity index (χ2v) is 3.77. The van der Waals surface area contributed by atoms with Crippen LogP contribution in [0.25, 0.3) is 0 Å². The Morgan fingerprint density at radius 2 is 2.00 bits per heavy atom. The third-order valence-corrected chi connectivity index (χ3v) is 2.74. The minimum Gasteiger partial charge on any atom is -0.326 e. The van der Waals surface area contributed by atoms with Crippen LogP contribution < -0.4 is 0 Å². The molecule has 0 unspecified atom stereocenters. The summed E-state index contributed by atoms with van der Waals surface area (Å²) in [5.41, 5.74) is 0. The largest absolute Gasteiger partial charge is 0.326 e. The Labute approximate surface area is 72.7 Å². The maximum Gasteiger partial charge on any atom is 0.320 e. The van der Waals surface area contributed by atoms with Gasteiger partial charge in [-0.25, -0.2) is 4.79 Å². The van der Waals surface area contributed by atoms with Gasteiger partial charge < -0.3 is 14.7 Å². The van der Waals surface area contributed by atoms with Crippen molar-refractivity contribution in [2.45, 2.75) is 6.04 Å². The lowest BCUT2D eigenvalue weighted by atomic mass is 10.2. The van der Waals surface area contributed by atoms with Crippen LogP contribution in [0, 0.1) is 0 Å². The van der Waals surface area contributed by atoms with E-state index in [-0.39, 0.29) is 6.03 Å². The molecule has 68 valence electrons. The molecule has 0 aromatic heterocycles. The molecule has 2 aliphatic rings. The first-order chi connectivity index (χ1) is 5.68. The second kappa shape index (κ2) is 2.62. The highest BCUT2D eigenvalue weighted by Crippen LogP contribution is 2.17. The highest BCUT2D eigenvalue weighted by Gasteiger charge is 2.37. The van der Waals surface area contributed by atoms with Gasteiger partial charge in [0, 0.05) is 33.2 Å². The maximum absolute atomic E-state index is 11.5. The second-order valence-electron chi connectivity index (χ2n) is 3.77. The van der Waals surface area contributed by atoms with E-state index in [4.69, 9.17) is 0 Å². The van der Waals surface area contributed by atoms with E-state index in [0.29, 0.717) is 6.04 Å². The first-order valence-corrected chi connectivity index (χ1v) is 4.39. The third kappa shape index (κ3) is 1.06. The van der Waals surface area contributed by atoms with Crippen molar-refractivity contribution in [3.63, 3.8) is 0 Å². The summed E-state index contributed by atoms with van der Waals surface area (Å²) in [6.07, 6.45) is 0. The standard InChI is InChI=1S/C8H15N3O/c1-9-3-4-11-7(5-9)6-10(2)8(11)12/h7H,3-6H2,1-2H3/t7-/m1/s1. The number of carbonyl (C=O) groups is 1. The van der Waals surface area contributed by atoms with Crippen LogP contribution in [-0.4, -0.2) is 67.0 Å². The lowest BCUT2D eigenvalue weighted by molar-refractivity contribution is 0.138. The Morgan fingerprint density at radius 1 is 1.25 bits per heavy atom. The lowest BCUT2D eigenvalue weighted by Gasteiger charge is -2.33. The summed E-state index contributed by atoms with van der Waals surface area (Å²) in [5, 5.41) is 0. The summed E-state index contributed by atoms with van der Waals surface area (Å²) in [6, 6.07) is 0.634. The highest BCUT2D eigenvalue weighted by atomic mass is 16.2. The van der Waals surface area contributed by atoms with E-state index in [1.54, 1.807) is 0 Å². The molecule has 0 aromatic carbocycles. The number of carbonyl (C=O) groups excluding carboxylic acids is 1. The maximum atomic E-state index is 11.5. The normalized spacial score (nSPS) is 31.2. The molecule has 2 amide bonds. The number of urea groups is 1. The summed E-state index contributed by atoms with van der Waals surface area (Å²) in [4.78, 5) is 17.6. The monoisotopic (exact) mass is 169 g/mol. The number of amides is 2. The molecule has 0 radical (unpaired) electrons. The molecule has 2 aliphatic heterocycles. The van der Waals surface area contributed by atoms with Crippen molar-refractivity contribution in [2.75, 3.05) is 40.3 Å². The van der Waals surface area contributed by atoms with Gasteiger partial charge in [0.2, 0.25) is 0 Å². The molecule has 0 aromatic rings. The fourth-order valence-corrected chi connectivity index (χ4v) is 2.03. The molecule has 0 bridgehead atoms. The third-order valence-electron chi connectivity index (χ3n) is 2.74. The molecule has 1 atom stereocenters. The van der Waals surface area contributed by atoms with Gasteiger partial charge in [-0.1, -0.05) is 0 Å². The van der Waals surface area contributed by atoms with Crippen molar-refractivity contribution in [3.05, 3.63) is 0 Å². The van der Waals surface area contributed by atoms with Gasteiger partial charge >= 0.3 is 6.03 Å². The highest BCUT2D eigenvalue weighted by molar-refractivity contribution is 5.77. The minimum atomic E-state index is 0.202. The predicted molar refractivity (Wildman–Crippen MR) is 46.0 cm³/mol. The van der Waals surface area contributed by atoms with Gasteiger partial charge in [-0.05, 0) is 7.05 Å². The number of nitrogens with zero attached hydrogens (tertiary/aromatic N) is 3. The SMILES string of the molecule is CN1CCN2C(=O)N(C)C[C@H]2C1. The molecule has 4 heteroatoms. The van der Waals surface area contributed by atoms with Crippen molar-refractivity contribution < 1.29 is 4.79 Å². The fraction of sp³-hybridized carbons (Fsp3) is 0.875. The van der Waals surface area contributed by atoms with Gasteiger partial charge in [0.1, 0.15) is 0 Å². The molecule has 2 rings (SSSR count). The summed E-state index contributed by atoms with van der Waals surface area (Å²) in [7, 11) is 3.99. The van der Waals surface area contributed by atoms with Crippen molar-refractivity contribution in [3.8, 4) is 0 Å². The predicted octanol–water partition coefficient (Wildman–Crippen LogP) is -0.332. The molecular formula is C8H15N3O. The van der Waals surface area contributed by atoms with Crippen molar-refractivity contribution >= 4 is 6.03 Å². The molecule has 4 nitrogen and oxygen atoms in total. The van der Waals surface area contributed by atoms with Crippen LogP contribution in [0.4, 0.5) is 4.79 Å². The Balaban J connectivity index is 2.09. The first kappa shape index (κ1) is 7.86. The van der Waals surface area contributed by atoms with Crippen LogP contribution in [0.15, 0.2) is 0 Å². The van der Waals surface area contributed by atoms with Gasteiger partial charge in [0.15, 0.2) is 0 Å². The quantitative estimate of drug-likeness (QED) is 0.496. The minimum absolute atomic E-state index is 0.202. The number of likely N-dealkylation sites (N-methyl/N-ethyl adjacent to an activating group) is 2. The molecule has 12 heavy (non-hydrogen) atoms. The van der Waals surface area contributed by atoms with E-state index in [0.717, 1.165) is 26.2 Å². The van der Waals surface area contributed by atoms with E-state index in [9.17, 15) is 4.79 Å². The summed E-state index contributed by atoms with van der Waals surface area (Å²) in [6.45, 7) is 3.82. The Bertz CT molecular complexity index is 206. The van der Waals surface area contributed by atoms with E-state index in [1.165, 1.54) is 0 Å². The van der Waals surface area contributed by atoms with Gasteiger partial charge in [-0.3, -0.25) is 0 Å². The van der Waals surface area contributed by atoms with E-state index in [2.05, 4.69) is 11.9 Å². The molecule has 0 N–H and O–H groups in total. The van der Waals surface area contributed by atoms with Crippen molar-refractivity contribution in [1.29, 1.82) is 0 Å². The number of hydrogen-bond donors (Lipinski definition) is 0. The number of hydrogen-bond acceptors (Lipinski definition) is 2. The average molecular weight is 169 g/mol. The Morgan fingerprint density at radius 3 is 2.75 bits per heavy atom. The number of piperazine rings is 1. The fourth-order valence-electron chi connectivity index (χ4n) is 2.03. The first-order valence-electron chi connectivity index (χ1n) is 4.39. The Kier molecular flexibility index (Phi) is 1.72. The summed E-state index contributed by atoms with van der Waals surface area (Å²) in [5.74, 6) is 0. The average Bonchev–Trinajstić information content (AvgIpc) is 2.28. The van der Waals surface area contributed by atoms with Crippen LogP contribution in [0.3, 0.4) is 0 Å². The van der Waals surface area contributed by atoms with Gasteiger partial charge in [0.05, 0.1) is 6.04 Å². The number of fused-ring (bicyclic) bond motifs is 1. The molecular weight excluding hydrogens is 154 g/mol. The molecule has 0 spiro atoms. The van der Waals surface area contributed by atoms with Crippen LogP contribution in [-0.2, 0) is 0 Å². The molecule has 2 saturated heterocycles. The van der Waals surface area contributed by atoms with Gasteiger partial charge in [-0.15, -0.1) is 0 Å². The zero-order chi connectivity index (χ0) is 8.72. The van der Waals surface area contributed by atoms with Crippen molar-refractivity contribution in [2.24, 2.45) is 0 Å².